The van der Waals surface area contributed by atoms with E-state index in [9.17, 15) is 14.4 Å². The quantitative estimate of drug-likeness (QED) is 0.267. The first kappa shape index (κ1) is 27.9. The summed E-state index contributed by atoms with van der Waals surface area (Å²) in [5.41, 5.74) is 21.4. The van der Waals surface area contributed by atoms with E-state index < -0.39 is 30.0 Å². The molecule has 11 N–H and O–H groups in total. The first-order valence-corrected chi connectivity index (χ1v) is 9.68. The van der Waals surface area contributed by atoms with Crippen molar-refractivity contribution in [1.29, 1.82) is 0 Å². The second kappa shape index (κ2) is 15.7. The largest absolute Gasteiger partial charge is 0.480 e. The molecule has 10 heteroatoms. The molecule has 0 saturated carbocycles. The molecule has 0 aliphatic rings. The molecule has 172 valence electrons. The van der Waals surface area contributed by atoms with Crippen molar-refractivity contribution in [3.8, 4) is 0 Å². The number of carbonyl (C=O) groups is 3. The van der Waals surface area contributed by atoms with E-state index in [1.54, 1.807) is 0 Å². The number of rotatable bonds is 9. The van der Waals surface area contributed by atoms with Crippen LogP contribution in [0, 0.1) is 0 Å². The third-order valence-electron chi connectivity index (χ3n) is 4.05. The lowest BCUT2D eigenvalue weighted by Gasteiger charge is -2.07. The van der Waals surface area contributed by atoms with Crippen LogP contribution < -0.4 is 22.9 Å². The van der Waals surface area contributed by atoms with Crippen LogP contribution in [-0.4, -0.2) is 58.4 Å². The number of carboxylic acid groups (broad SMARTS) is 3. The second-order valence-corrected chi connectivity index (χ2v) is 6.66. The van der Waals surface area contributed by atoms with Crippen LogP contribution in [-0.2, 0) is 20.8 Å². The van der Waals surface area contributed by atoms with Gasteiger partial charge in [0.15, 0.2) is 0 Å². The van der Waals surface area contributed by atoms with Gasteiger partial charge in [0, 0.05) is 0 Å². The van der Waals surface area contributed by atoms with Gasteiger partial charge in [-0.2, -0.15) is 0 Å². The van der Waals surface area contributed by atoms with E-state index in [-0.39, 0.29) is 6.54 Å². The summed E-state index contributed by atoms with van der Waals surface area (Å²) in [6, 6.07) is 12.3. The lowest BCUT2D eigenvalue weighted by molar-refractivity contribution is -0.139. The molecule has 0 spiro atoms. The molecule has 0 radical (unpaired) electrons. The number of carboxylic acids is 3. The van der Waals surface area contributed by atoms with Crippen molar-refractivity contribution < 1.29 is 29.7 Å². The van der Waals surface area contributed by atoms with Crippen molar-refractivity contribution in [2.75, 3.05) is 13.1 Å². The smallest absolute Gasteiger partial charge is 0.320 e. The van der Waals surface area contributed by atoms with Crippen LogP contribution in [0.15, 0.2) is 42.5 Å². The monoisotopic (exact) mass is 436 g/mol. The van der Waals surface area contributed by atoms with E-state index in [2.05, 4.69) is 5.73 Å². The molecule has 2 atom stereocenters. The summed E-state index contributed by atoms with van der Waals surface area (Å²) in [5.74, 6) is -2.87. The van der Waals surface area contributed by atoms with E-state index in [0.717, 1.165) is 29.2 Å². The van der Waals surface area contributed by atoms with Gasteiger partial charge in [-0.1, -0.05) is 48.9 Å². The van der Waals surface area contributed by atoms with Crippen LogP contribution in [0.4, 0.5) is 0 Å². The molecule has 2 aromatic carbocycles. The molecule has 0 heterocycles. The molecule has 0 saturated heterocycles. The Labute approximate surface area is 180 Å². The number of hydrogen-bond acceptors (Lipinski definition) is 7. The van der Waals surface area contributed by atoms with Crippen LogP contribution in [0.5, 0.6) is 0 Å². The Hall–Kier alpha value is -3.05. The Morgan fingerprint density at radius 3 is 1.84 bits per heavy atom. The predicted octanol–water partition coefficient (Wildman–Crippen LogP) is 0.351. The number of hydrogen-bond donors (Lipinski definition) is 7. The molecule has 31 heavy (non-hydrogen) atoms. The van der Waals surface area contributed by atoms with Gasteiger partial charge in [0.25, 0.3) is 0 Å². The fourth-order valence-corrected chi connectivity index (χ4v) is 2.34. The highest BCUT2D eigenvalue weighted by atomic mass is 16.4. The summed E-state index contributed by atoms with van der Waals surface area (Å²) < 4.78 is 0. The minimum Gasteiger partial charge on any atom is -0.480 e. The maximum atomic E-state index is 10.6. The summed E-state index contributed by atoms with van der Waals surface area (Å²) in [6.07, 6.45) is 2.53. The zero-order valence-corrected chi connectivity index (χ0v) is 17.3. The average Bonchev–Trinajstić information content (AvgIpc) is 2.74. The normalized spacial score (nSPS) is 11.9. The molecule has 10 nitrogen and oxygen atoms in total. The number of unbranched alkanes of at least 4 members (excludes halogenated alkanes) is 1. The molecule has 2 rings (SSSR count). The Kier molecular flexibility index (Phi) is 14.2. The third kappa shape index (κ3) is 13.0. The Balaban J connectivity index is 0.000000515. The highest BCUT2D eigenvalue weighted by Gasteiger charge is 2.12. The number of benzene rings is 2. The highest BCUT2D eigenvalue weighted by molar-refractivity contribution is 5.83. The van der Waals surface area contributed by atoms with Gasteiger partial charge in [0.1, 0.15) is 12.1 Å². The van der Waals surface area contributed by atoms with Crippen molar-refractivity contribution in [3.63, 3.8) is 0 Å². The average molecular weight is 437 g/mol. The fraction of sp³-hybridized carbons (Fsp3) is 0.381. The van der Waals surface area contributed by atoms with Gasteiger partial charge in [0.2, 0.25) is 0 Å². The first-order chi connectivity index (χ1) is 14.6. The lowest BCUT2D eigenvalue weighted by Crippen LogP contribution is -2.32. The molecule has 0 bridgehead atoms. The van der Waals surface area contributed by atoms with Gasteiger partial charge >= 0.3 is 17.9 Å². The summed E-state index contributed by atoms with van der Waals surface area (Å²) in [6.45, 7) is 0.326. The van der Waals surface area contributed by atoms with E-state index in [0.29, 0.717) is 19.4 Å². The summed E-state index contributed by atoms with van der Waals surface area (Å²) in [7, 11) is 0. The number of fused-ring (bicyclic) bond motifs is 1. The summed E-state index contributed by atoms with van der Waals surface area (Å²) in [4.78, 5) is 30.0. The Morgan fingerprint density at radius 1 is 0.806 bits per heavy atom. The standard InChI is InChI=1S/C13H13NO2.C6H14N2O2.C2H5NO2/c14-12(13(15)16)8-9-5-6-10-3-1-2-4-11(10)7-9;7-4-2-1-3-5(8)6(9)10;3-1-2(4)5/h1-7,12H,8,14H2,(H,15,16);5H,1-4,7-8H2,(H,9,10);1,3H2,(H,4,5). The van der Waals surface area contributed by atoms with Crippen molar-refractivity contribution in [1.82, 2.24) is 0 Å². The van der Waals surface area contributed by atoms with Crippen molar-refractivity contribution in [2.24, 2.45) is 22.9 Å². The van der Waals surface area contributed by atoms with E-state index in [4.69, 9.17) is 32.5 Å². The molecular weight excluding hydrogens is 404 g/mol. The number of nitrogens with two attached hydrogens (primary N) is 4. The second-order valence-electron chi connectivity index (χ2n) is 6.66. The van der Waals surface area contributed by atoms with Gasteiger partial charge in [-0.15, -0.1) is 0 Å². The minimum atomic E-state index is -0.968. The third-order valence-corrected chi connectivity index (χ3v) is 4.05. The maximum Gasteiger partial charge on any atom is 0.320 e. The van der Waals surface area contributed by atoms with Crippen LogP contribution >= 0.6 is 0 Å². The van der Waals surface area contributed by atoms with Gasteiger partial charge in [0.05, 0.1) is 6.54 Å². The zero-order valence-electron chi connectivity index (χ0n) is 17.3. The van der Waals surface area contributed by atoms with E-state index >= 15 is 0 Å². The summed E-state index contributed by atoms with van der Waals surface area (Å²) >= 11 is 0. The van der Waals surface area contributed by atoms with Crippen LogP contribution in [0.3, 0.4) is 0 Å². The molecule has 2 aromatic rings. The zero-order chi connectivity index (χ0) is 23.8. The Morgan fingerprint density at radius 2 is 1.35 bits per heavy atom. The minimum absolute atomic E-state index is 0.278. The highest BCUT2D eigenvalue weighted by Crippen LogP contribution is 2.16. The molecule has 0 aliphatic carbocycles. The molecule has 2 unspecified atom stereocenters. The van der Waals surface area contributed by atoms with E-state index in [1.807, 2.05) is 42.5 Å². The Bertz CT molecular complexity index is 830. The molecule has 0 fully saturated rings. The van der Waals surface area contributed by atoms with Crippen LogP contribution in [0.25, 0.3) is 10.8 Å². The van der Waals surface area contributed by atoms with Crippen molar-refractivity contribution in [3.05, 3.63) is 48.0 Å². The maximum absolute atomic E-state index is 10.6. The van der Waals surface area contributed by atoms with Crippen LogP contribution in [0.2, 0.25) is 0 Å². The fourth-order valence-electron chi connectivity index (χ4n) is 2.34. The molecular formula is C21H32N4O6. The molecule has 0 amide bonds. The van der Waals surface area contributed by atoms with Gasteiger partial charge in [-0.05, 0) is 42.1 Å². The SMILES string of the molecule is NC(Cc1ccc2ccccc2c1)C(=O)O.NCC(=O)O.NCCCCC(N)C(=O)O. The first-order valence-electron chi connectivity index (χ1n) is 9.68. The topological polar surface area (TPSA) is 216 Å². The van der Waals surface area contributed by atoms with Gasteiger partial charge in [-0.3, -0.25) is 14.4 Å². The predicted molar refractivity (Wildman–Crippen MR) is 118 cm³/mol. The molecule has 0 aromatic heterocycles. The van der Waals surface area contributed by atoms with Crippen LogP contribution in [0.1, 0.15) is 24.8 Å². The van der Waals surface area contributed by atoms with E-state index in [1.165, 1.54) is 0 Å². The van der Waals surface area contributed by atoms with Crippen molar-refractivity contribution in [2.45, 2.75) is 37.8 Å². The lowest BCUT2D eigenvalue weighted by atomic mass is 10.0. The summed E-state index contributed by atoms with van der Waals surface area (Å²) in [5, 5.41) is 26.9. The van der Waals surface area contributed by atoms with Gasteiger partial charge < -0.3 is 38.3 Å². The molecule has 0 aliphatic heterocycles. The van der Waals surface area contributed by atoms with Crippen molar-refractivity contribution >= 4 is 28.7 Å². The van der Waals surface area contributed by atoms with Gasteiger partial charge in [-0.25, -0.2) is 0 Å². The number of aliphatic carboxylic acids is 3.